The Balaban J connectivity index is 2.02. The monoisotopic (exact) mass is 381 g/mol. The molecule has 8 nitrogen and oxygen atoms in total. The van der Waals surface area contributed by atoms with Gasteiger partial charge in [-0.05, 0) is 30.7 Å². The van der Waals surface area contributed by atoms with Gasteiger partial charge in [0.1, 0.15) is 6.61 Å². The Bertz CT molecular complexity index is 918. The highest BCUT2D eigenvalue weighted by molar-refractivity contribution is 5.84. The summed E-state index contributed by atoms with van der Waals surface area (Å²) in [5.74, 6) is 2.93. The van der Waals surface area contributed by atoms with Crippen LogP contribution in [0.1, 0.15) is 18.1 Å². The second-order valence-corrected chi connectivity index (χ2v) is 5.49. The summed E-state index contributed by atoms with van der Waals surface area (Å²) in [6.07, 6.45) is 6.47. The van der Waals surface area contributed by atoms with E-state index in [1.807, 2.05) is 6.92 Å². The predicted molar refractivity (Wildman–Crippen MR) is 104 cm³/mol. The zero-order valence-corrected chi connectivity index (χ0v) is 15.3. The number of rotatable bonds is 9. The van der Waals surface area contributed by atoms with Crippen molar-refractivity contribution in [1.29, 1.82) is 0 Å². The van der Waals surface area contributed by atoms with Gasteiger partial charge in [-0.25, -0.2) is 5.43 Å². The van der Waals surface area contributed by atoms with Gasteiger partial charge in [-0.2, -0.15) is 5.10 Å². The molecule has 0 unspecified atom stereocenters. The molecule has 0 heterocycles. The number of benzene rings is 2. The van der Waals surface area contributed by atoms with Gasteiger partial charge in [0.15, 0.2) is 11.5 Å². The van der Waals surface area contributed by atoms with E-state index in [2.05, 4.69) is 16.4 Å². The number of nitrogens with zero attached hydrogens (tertiary/aromatic N) is 2. The van der Waals surface area contributed by atoms with Crippen LogP contribution in [0, 0.1) is 22.5 Å². The summed E-state index contributed by atoms with van der Waals surface area (Å²) in [5, 5.41) is 14.9. The lowest BCUT2D eigenvalue weighted by atomic mass is 10.1. The van der Waals surface area contributed by atoms with E-state index in [0.717, 1.165) is 0 Å². The number of hydrogen-bond donors (Lipinski definition) is 1. The van der Waals surface area contributed by atoms with Crippen LogP contribution in [0.2, 0.25) is 0 Å². The summed E-state index contributed by atoms with van der Waals surface area (Å²) in [4.78, 5) is 22.5. The molecule has 144 valence electrons. The highest BCUT2D eigenvalue weighted by Gasteiger charge is 2.15. The molecule has 8 heteroatoms. The van der Waals surface area contributed by atoms with Gasteiger partial charge in [-0.3, -0.25) is 14.9 Å². The number of carbonyl (C=O) groups excluding carboxylic acids is 1. The van der Waals surface area contributed by atoms with Crippen molar-refractivity contribution in [3.8, 4) is 23.8 Å². The first-order chi connectivity index (χ1) is 13.5. The van der Waals surface area contributed by atoms with E-state index >= 15 is 0 Å². The maximum absolute atomic E-state index is 12.0. The molecule has 0 spiro atoms. The molecule has 2 rings (SSSR count). The summed E-state index contributed by atoms with van der Waals surface area (Å²) in [6.45, 7) is 2.41. The van der Waals surface area contributed by atoms with E-state index in [1.54, 1.807) is 30.3 Å². The van der Waals surface area contributed by atoms with Crippen molar-refractivity contribution in [2.75, 3.05) is 13.2 Å². The average Bonchev–Trinajstić information content (AvgIpc) is 2.68. The normalized spacial score (nSPS) is 10.3. The second kappa shape index (κ2) is 10.3. The molecule has 0 bridgehead atoms. The van der Waals surface area contributed by atoms with E-state index in [1.165, 1.54) is 18.3 Å². The largest absolute Gasteiger partial charge is 0.490 e. The zero-order valence-electron chi connectivity index (χ0n) is 15.3. The topological polar surface area (TPSA) is 103 Å². The van der Waals surface area contributed by atoms with Gasteiger partial charge in [-0.1, -0.05) is 24.1 Å². The third-order valence-electron chi connectivity index (χ3n) is 3.52. The molecule has 1 amide bonds. The Morgan fingerprint density at radius 1 is 1.29 bits per heavy atom. The summed E-state index contributed by atoms with van der Waals surface area (Å²) >= 11 is 0. The van der Waals surface area contributed by atoms with Gasteiger partial charge in [0, 0.05) is 11.6 Å². The van der Waals surface area contributed by atoms with Crippen LogP contribution in [0.3, 0.4) is 0 Å². The lowest BCUT2D eigenvalue weighted by molar-refractivity contribution is -0.385. The Hall–Kier alpha value is -3.86. The smallest absolute Gasteiger partial charge is 0.273 e. The van der Waals surface area contributed by atoms with Crippen LogP contribution in [0.5, 0.6) is 11.5 Å². The maximum Gasteiger partial charge on any atom is 0.273 e. The lowest BCUT2D eigenvalue weighted by Gasteiger charge is -2.10. The predicted octanol–water partition coefficient (Wildman–Crippen LogP) is 2.70. The minimum atomic E-state index is -0.523. The molecule has 0 radical (unpaired) electrons. The molecule has 28 heavy (non-hydrogen) atoms. The van der Waals surface area contributed by atoms with Crippen LogP contribution in [0.25, 0.3) is 0 Å². The van der Waals surface area contributed by atoms with Crippen LogP contribution < -0.4 is 14.9 Å². The Morgan fingerprint density at radius 3 is 2.79 bits per heavy atom. The van der Waals surface area contributed by atoms with Gasteiger partial charge in [0.05, 0.1) is 24.2 Å². The molecule has 0 aliphatic heterocycles. The first-order valence-corrected chi connectivity index (χ1v) is 8.42. The molecular weight excluding hydrogens is 362 g/mol. The fraction of sp³-hybridized carbons (Fsp3) is 0.200. The Kier molecular flexibility index (Phi) is 7.54. The molecule has 0 aromatic heterocycles. The summed E-state index contributed by atoms with van der Waals surface area (Å²) in [7, 11) is 0. The minimum Gasteiger partial charge on any atom is -0.490 e. The first-order valence-electron chi connectivity index (χ1n) is 8.42. The van der Waals surface area contributed by atoms with Gasteiger partial charge in [-0.15, -0.1) is 6.42 Å². The molecule has 0 fully saturated rings. The molecule has 0 aliphatic carbocycles. The number of ether oxygens (including phenoxy) is 2. The van der Waals surface area contributed by atoms with Crippen molar-refractivity contribution in [2.24, 2.45) is 5.10 Å². The van der Waals surface area contributed by atoms with Crippen molar-refractivity contribution in [3.05, 3.63) is 63.7 Å². The van der Waals surface area contributed by atoms with Crippen LogP contribution in [-0.4, -0.2) is 30.3 Å². The van der Waals surface area contributed by atoms with E-state index in [4.69, 9.17) is 15.9 Å². The summed E-state index contributed by atoms with van der Waals surface area (Å²) in [5.41, 5.74) is 3.23. The molecule has 0 saturated carbocycles. The first kappa shape index (κ1) is 20.5. The maximum atomic E-state index is 12.0. The van der Waals surface area contributed by atoms with Crippen LogP contribution >= 0.6 is 0 Å². The van der Waals surface area contributed by atoms with E-state index in [9.17, 15) is 14.9 Å². The molecular formula is C20H19N3O5. The molecule has 0 aliphatic rings. The number of carbonyl (C=O) groups is 1. The number of amides is 1. The minimum absolute atomic E-state index is 0.106. The number of terminal acetylenes is 1. The van der Waals surface area contributed by atoms with Crippen LogP contribution in [-0.2, 0) is 11.2 Å². The standard InChI is InChI=1S/C20H19N3O5/c1-3-11-28-18-10-9-15(12-19(18)27-4-2)14-21-22-20(24)13-16-7-5-6-8-17(16)23(25)26/h1,5-10,12,14H,4,11,13H2,2H3,(H,22,24). The quantitative estimate of drug-likeness (QED) is 0.311. The molecule has 0 saturated heterocycles. The van der Waals surface area contributed by atoms with E-state index in [-0.39, 0.29) is 18.7 Å². The van der Waals surface area contributed by atoms with Crippen molar-refractivity contribution in [2.45, 2.75) is 13.3 Å². The van der Waals surface area contributed by atoms with Crippen LogP contribution in [0.15, 0.2) is 47.6 Å². The number of hydrazone groups is 1. The fourth-order valence-corrected chi connectivity index (χ4v) is 2.34. The molecule has 1 N–H and O–H groups in total. The molecule has 2 aromatic rings. The number of nitro groups is 1. The SMILES string of the molecule is C#CCOc1ccc(C=NNC(=O)Cc2ccccc2[N+](=O)[O-])cc1OCC. The van der Waals surface area contributed by atoms with Gasteiger partial charge in [0.2, 0.25) is 5.91 Å². The average molecular weight is 381 g/mol. The highest BCUT2D eigenvalue weighted by Crippen LogP contribution is 2.28. The molecule has 0 atom stereocenters. The van der Waals surface area contributed by atoms with E-state index < -0.39 is 10.8 Å². The number of nitrogens with one attached hydrogen (secondary N) is 1. The van der Waals surface area contributed by atoms with Crippen molar-refractivity contribution < 1.29 is 19.2 Å². The van der Waals surface area contributed by atoms with Gasteiger partial charge in [0.25, 0.3) is 5.69 Å². The van der Waals surface area contributed by atoms with Crippen molar-refractivity contribution in [3.63, 3.8) is 0 Å². The van der Waals surface area contributed by atoms with E-state index in [0.29, 0.717) is 29.2 Å². The second-order valence-electron chi connectivity index (χ2n) is 5.49. The number of hydrogen-bond acceptors (Lipinski definition) is 6. The number of nitro benzene ring substituents is 1. The summed E-state index contributed by atoms with van der Waals surface area (Å²) < 4.78 is 10.9. The highest BCUT2D eigenvalue weighted by atomic mass is 16.6. The van der Waals surface area contributed by atoms with Crippen LogP contribution in [0.4, 0.5) is 5.69 Å². The van der Waals surface area contributed by atoms with Crippen molar-refractivity contribution in [1.82, 2.24) is 5.43 Å². The zero-order chi connectivity index (χ0) is 20.4. The third-order valence-corrected chi connectivity index (χ3v) is 3.52. The Labute approximate surface area is 162 Å². The Morgan fingerprint density at radius 2 is 2.07 bits per heavy atom. The van der Waals surface area contributed by atoms with Crippen molar-refractivity contribution >= 4 is 17.8 Å². The summed E-state index contributed by atoms with van der Waals surface area (Å²) in [6, 6.07) is 11.2. The van der Waals surface area contributed by atoms with Gasteiger partial charge < -0.3 is 9.47 Å². The number of para-hydroxylation sites is 1. The third kappa shape index (κ3) is 5.85. The van der Waals surface area contributed by atoms with Gasteiger partial charge >= 0.3 is 0 Å². The lowest BCUT2D eigenvalue weighted by Crippen LogP contribution is -2.20. The fourth-order valence-electron chi connectivity index (χ4n) is 2.34. The molecule has 2 aromatic carbocycles.